The number of aliphatic hydroxyl groups is 3. The molecule has 2 heterocycles. The minimum Gasteiger partial charge on any atom is -0.508 e. The van der Waals surface area contributed by atoms with Gasteiger partial charge in [-0.25, -0.2) is 0 Å². The first-order chi connectivity index (χ1) is 16.6. The molecule has 1 fully saturated rings. The Labute approximate surface area is 198 Å². The van der Waals surface area contributed by atoms with Gasteiger partial charge in [0.05, 0.1) is 0 Å². The number of aromatic hydroxyl groups is 3. The first kappa shape index (κ1) is 24.7. The van der Waals surface area contributed by atoms with E-state index in [1.165, 1.54) is 24.3 Å². The maximum Gasteiger partial charge on any atom is 0.302 e. The summed E-state index contributed by atoms with van der Waals surface area (Å²) in [6, 6.07) is 7.68. The summed E-state index contributed by atoms with van der Waals surface area (Å²) in [5, 5.41) is 60.7. The van der Waals surface area contributed by atoms with Gasteiger partial charge < -0.3 is 49.6 Å². The molecule has 12 heteroatoms. The fourth-order valence-electron chi connectivity index (χ4n) is 3.96. The molecular weight excluding hydrogens is 468 g/mol. The molecule has 0 aliphatic carbocycles. The number of Topliss-reactive ketones (excluding diaryl/α,β-unsaturated/α-hetero) is 1. The monoisotopic (exact) mass is 492 g/mol. The summed E-state index contributed by atoms with van der Waals surface area (Å²) in [4.78, 5) is 24.6. The van der Waals surface area contributed by atoms with Gasteiger partial charge in [0.2, 0.25) is 5.78 Å². The molecular formula is C23H24O12. The van der Waals surface area contributed by atoms with Gasteiger partial charge >= 0.3 is 5.97 Å². The Balaban J connectivity index is 1.68. The second kappa shape index (κ2) is 9.68. The average Bonchev–Trinajstić information content (AvgIpc) is 2.80. The van der Waals surface area contributed by atoms with Crippen LogP contribution in [0.2, 0.25) is 0 Å². The second-order valence-electron chi connectivity index (χ2n) is 8.21. The molecule has 2 aromatic carbocycles. The van der Waals surface area contributed by atoms with Crippen LogP contribution in [0, 0.1) is 0 Å². The highest BCUT2D eigenvalue weighted by molar-refractivity contribution is 6.05. The van der Waals surface area contributed by atoms with E-state index in [9.17, 15) is 40.2 Å². The van der Waals surface area contributed by atoms with E-state index in [1.807, 2.05) is 0 Å². The lowest BCUT2D eigenvalue weighted by Crippen LogP contribution is -2.60. The number of phenols is 3. The topological polar surface area (TPSA) is 192 Å². The first-order valence-electron chi connectivity index (χ1n) is 10.6. The number of hydrogen-bond donors (Lipinski definition) is 6. The number of aliphatic hydroxyl groups excluding tert-OH is 3. The van der Waals surface area contributed by atoms with Crippen LogP contribution in [0.5, 0.6) is 23.0 Å². The number of esters is 1. The van der Waals surface area contributed by atoms with Gasteiger partial charge in [0.1, 0.15) is 59.6 Å². The van der Waals surface area contributed by atoms with E-state index in [2.05, 4.69) is 0 Å². The third kappa shape index (κ3) is 4.88. The molecule has 12 nitrogen and oxygen atoms in total. The fourth-order valence-corrected chi connectivity index (χ4v) is 3.96. The maximum atomic E-state index is 13.4. The van der Waals surface area contributed by atoms with Crippen molar-refractivity contribution in [3.63, 3.8) is 0 Å². The van der Waals surface area contributed by atoms with E-state index in [0.29, 0.717) is 5.56 Å². The van der Waals surface area contributed by atoms with Crippen LogP contribution in [0.25, 0.3) is 0 Å². The SMILES string of the molecule is CC(=O)OCC1OC(OC2C(=O)c3c(O)cc(O)cc3OC2c2ccc(O)cc2)C(O)C(O)C1O. The molecule has 2 aromatic rings. The third-order valence-electron chi connectivity index (χ3n) is 5.72. The van der Waals surface area contributed by atoms with Gasteiger partial charge in [-0.15, -0.1) is 0 Å². The predicted octanol–water partition coefficient (Wildman–Crippen LogP) is -0.124. The lowest BCUT2D eigenvalue weighted by molar-refractivity contribution is -0.312. The predicted molar refractivity (Wildman–Crippen MR) is 114 cm³/mol. The molecule has 0 aromatic heterocycles. The summed E-state index contributed by atoms with van der Waals surface area (Å²) in [6.07, 6.45) is -10.9. The largest absolute Gasteiger partial charge is 0.508 e. The minimum absolute atomic E-state index is 0.0551. The van der Waals surface area contributed by atoms with Crippen molar-refractivity contribution in [3.05, 3.63) is 47.5 Å². The molecule has 0 amide bonds. The van der Waals surface area contributed by atoms with E-state index < -0.39 is 67.0 Å². The number of carbonyl (C=O) groups excluding carboxylic acids is 2. The normalized spacial score (nSPS) is 30.3. The highest BCUT2D eigenvalue weighted by atomic mass is 16.7. The van der Waals surface area contributed by atoms with Crippen molar-refractivity contribution in [2.75, 3.05) is 6.61 Å². The fraction of sp³-hybridized carbons (Fsp3) is 0.391. The molecule has 35 heavy (non-hydrogen) atoms. The van der Waals surface area contributed by atoms with Gasteiger partial charge in [0.25, 0.3) is 0 Å². The second-order valence-corrected chi connectivity index (χ2v) is 8.21. The summed E-state index contributed by atoms with van der Waals surface area (Å²) < 4.78 is 22.0. The Morgan fingerprint density at radius 2 is 1.66 bits per heavy atom. The van der Waals surface area contributed by atoms with Crippen LogP contribution in [0.1, 0.15) is 28.9 Å². The molecule has 2 aliphatic heterocycles. The van der Waals surface area contributed by atoms with Crippen molar-refractivity contribution in [1.82, 2.24) is 0 Å². The molecule has 0 radical (unpaired) electrons. The molecule has 6 N–H and O–H groups in total. The minimum atomic E-state index is -1.80. The summed E-state index contributed by atoms with van der Waals surface area (Å²) in [7, 11) is 0. The molecule has 4 rings (SSSR count). The molecule has 2 aliphatic rings. The maximum absolute atomic E-state index is 13.4. The molecule has 0 saturated carbocycles. The van der Waals surface area contributed by atoms with Crippen LogP contribution in [0.15, 0.2) is 36.4 Å². The van der Waals surface area contributed by atoms with Gasteiger partial charge in [-0.3, -0.25) is 9.59 Å². The Morgan fingerprint density at radius 3 is 2.31 bits per heavy atom. The van der Waals surface area contributed by atoms with Crippen molar-refractivity contribution in [3.8, 4) is 23.0 Å². The number of ketones is 1. The molecule has 1 saturated heterocycles. The van der Waals surface area contributed by atoms with E-state index in [4.69, 9.17) is 18.9 Å². The van der Waals surface area contributed by atoms with Gasteiger partial charge in [-0.2, -0.15) is 0 Å². The van der Waals surface area contributed by atoms with E-state index in [1.54, 1.807) is 0 Å². The van der Waals surface area contributed by atoms with Crippen LogP contribution in [0.4, 0.5) is 0 Å². The molecule has 0 bridgehead atoms. The lowest BCUT2D eigenvalue weighted by Gasteiger charge is -2.42. The summed E-state index contributed by atoms with van der Waals surface area (Å²) in [5.74, 6) is -2.56. The number of benzene rings is 2. The van der Waals surface area contributed by atoms with E-state index in [0.717, 1.165) is 19.1 Å². The Hall–Kier alpha value is -3.42. The smallest absolute Gasteiger partial charge is 0.302 e. The van der Waals surface area contributed by atoms with Crippen LogP contribution >= 0.6 is 0 Å². The highest BCUT2D eigenvalue weighted by Crippen LogP contribution is 2.43. The zero-order chi connectivity index (χ0) is 25.4. The Bertz CT molecular complexity index is 1100. The Morgan fingerprint density at radius 1 is 0.971 bits per heavy atom. The van der Waals surface area contributed by atoms with Crippen LogP contribution in [0.3, 0.4) is 0 Å². The van der Waals surface area contributed by atoms with Crippen molar-refractivity contribution in [2.24, 2.45) is 0 Å². The van der Waals surface area contributed by atoms with Crippen LogP contribution < -0.4 is 4.74 Å². The summed E-state index contributed by atoms with van der Waals surface area (Å²) in [5.41, 5.74) is 0.0714. The molecule has 7 unspecified atom stereocenters. The van der Waals surface area contributed by atoms with Crippen LogP contribution in [-0.4, -0.2) is 85.8 Å². The summed E-state index contributed by atoms with van der Waals surface area (Å²) >= 11 is 0. The Kier molecular flexibility index (Phi) is 6.83. The van der Waals surface area contributed by atoms with Gasteiger partial charge in [0.15, 0.2) is 18.5 Å². The number of rotatable bonds is 5. The first-order valence-corrected chi connectivity index (χ1v) is 10.6. The number of fused-ring (bicyclic) bond motifs is 1. The number of phenolic OH excluding ortho intramolecular Hbond substituents is 3. The highest BCUT2D eigenvalue weighted by Gasteiger charge is 2.49. The van der Waals surface area contributed by atoms with Crippen molar-refractivity contribution >= 4 is 11.8 Å². The van der Waals surface area contributed by atoms with Gasteiger partial charge in [-0.1, -0.05) is 12.1 Å². The average molecular weight is 492 g/mol. The number of hydrogen-bond acceptors (Lipinski definition) is 12. The van der Waals surface area contributed by atoms with Crippen molar-refractivity contribution in [2.45, 2.75) is 49.8 Å². The molecule has 188 valence electrons. The van der Waals surface area contributed by atoms with Crippen molar-refractivity contribution in [1.29, 1.82) is 0 Å². The van der Waals surface area contributed by atoms with Crippen LogP contribution in [-0.2, 0) is 19.0 Å². The summed E-state index contributed by atoms with van der Waals surface area (Å²) in [6.45, 7) is 0.677. The third-order valence-corrected chi connectivity index (χ3v) is 5.72. The lowest BCUT2D eigenvalue weighted by atomic mass is 9.92. The number of carbonyl (C=O) groups is 2. The standard InChI is InChI=1S/C23H24O12/c1-9(24)32-8-15-17(28)19(30)20(31)23(34-15)35-22-18(29)16-13(27)6-12(26)7-14(16)33-21(22)10-2-4-11(25)5-3-10/h2-7,15,17,19-23,25-28,30-31H,8H2,1H3. The van der Waals surface area contributed by atoms with Crippen molar-refractivity contribution < 1.29 is 59.2 Å². The molecule has 7 atom stereocenters. The number of ether oxygens (including phenoxy) is 4. The van der Waals surface area contributed by atoms with E-state index in [-0.39, 0.29) is 22.8 Å². The molecule has 0 spiro atoms. The zero-order valence-electron chi connectivity index (χ0n) is 18.3. The van der Waals surface area contributed by atoms with E-state index >= 15 is 0 Å². The van der Waals surface area contributed by atoms with Gasteiger partial charge in [0, 0.05) is 19.1 Å². The quantitative estimate of drug-likeness (QED) is 0.304. The zero-order valence-corrected chi connectivity index (χ0v) is 18.3. The van der Waals surface area contributed by atoms with Gasteiger partial charge in [-0.05, 0) is 17.7 Å².